The Morgan fingerprint density at radius 1 is 1.23 bits per heavy atom. The molecule has 0 amide bonds. The summed E-state index contributed by atoms with van der Waals surface area (Å²) in [5, 5.41) is 0. The Morgan fingerprint density at radius 3 is 2.77 bits per heavy atom. The molecule has 1 heteroatoms. The van der Waals surface area contributed by atoms with Gasteiger partial charge in [-0.05, 0) is 36.6 Å². The van der Waals surface area contributed by atoms with Crippen molar-refractivity contribution < 1.29 is 4.74 Å². The van der Waals surface area contributed by atoms with Crippen LogP contribution in [-0.2, 0) is 6.42 Å². The van der Waals surface area contributed by atoms with Gasteiger partial charge in [-0.2, -0.15) is 0 Å². The lowest BCUT2D eigenvalue weighted by Gasteiger charge is -2.11. The van der Waals surface area contributed by atoms with Gasteiger partial charge in [-0.3, -0.25) is 0 Å². The maximum absolute atomic E-state index is 5.32. The summed E-state index contributed by atoms with van der Waals surface area (Å²) in [5.74, 6) is 1.01. The lowest BCUT2D eigenvalue weighted by molar-refractivity contribution is 0.464. The van der Waals surface area contributed by atoms with Crippen LogP contribution in [0.25, 0.3) is 0 Å². The summed E-state index contributed by atoms with van der Waals surface area (Å²) >= 11 is 0. The second kappa shape index (κ2) is 4.70. The van der Waals surface area contributed by atoms with E-state index in [2.05, 4.69) is 25.1 Å². The molecule has 0 radical (unpaired) electrons. The highest BCUT2D eigenvalue weighted by Gasteiger charge is 2.04. The Bertz CT molecular complexity index is 300. The molecule has 2 rings (SSSR count). The smallest absolute Gasteiger partial charge is 0.130 e. The Hall–Kier alpha value is -1.24. The third-order valence-corrected chi connectivity index (χ3v) is 1.85. The molecule has 0 unspecified atom stereocenters. The fourth-order valence-corrected chi connectivity index (χ4v) is 1.24. The van der Waals surface area contributed by atoms with Crippen LogP contribution < -0.4 is 4.74 Å². The normalized spacial score (nSPS) is 12.2. The predicted octanol–water partition coefficient (Wildman–Crippen LogP) is 3.47. The number of aryl methyl sites for hydroxylation is 1. The summed E-state index contributed by atoms with van der Waals surface area (Å²) in [6.45, 7) is 6.07. The molecule has 0 saturated carbocycles. The molecule has 1 aromatic rings. The van der Waals surface area contributed by atoms with E-state index in [9.17, 15) is 0 Å². The van der Waals surface area contributed by atoms with E-state index in [0.29, 0.717) is 0 Å². The van der Waals surface area contributed by atoms with Gasteiger partial charge >= 0.3 is 0 Å². The standard InChI is InChI=1S/C10H10O.C2H6/c1-8-4-5-9-3-2-6-11-10(9)7-8;1-2/h2,4-7H,3H2,1H3;1-2H3. The van der Waals surface area contributed by atoms with Crippen molar-refractivity contribution in [2.75, 3.05) is 0 Å². The van der Waals surface area contributed by atoms with Gasteiger partial charge in [-0.25, -0.2) is 0 Å². The largest absolute Gasteiger partial charge is 0.465 e. The van der Waals surface area contributed by atoms with Crippen molar-refractivity contribution in [1.82, 2.24) is 0 Å². The molecule has 13 heavy (non-hydrogen) atoms. The molecule has 0 aromatic heterocycles. The van der Waals surface area contributed by atoms with Crippen LogP contribution >= 0.6 is 0 Å². The molecular formula is C12H16O. The highest BCUT2D eigenvalue weighted by Crippen LogP contribution is 2.23. The van der Waals surface area contributed by atoms with Crippen molar-refractivity contribution in [1.29, 1.82) is 0 Å². The number of rotatable bonds is 0. The zero-order valence-corrected chi connectivity index (χ0v) is 8.50. The van der Waals surface area contributed by atoms with E-state index in [1.165, 1.54) is 11.1 Å². The molecular weight excluding hydrogens is 160 g/mol. The molecule has 0 bridgehead atoms. The third kappa shape index (κ3) is 2.35. The fraction of sp³-hybridized carbons (Fsp3) is 0.333. The first kappa shape index (κ1) is 9.85. The Kier molecular flexibility index (Phi) is 3.56. The minimum Gasteiger partial charge on any atom is -0.465 e. The van der Waals surface area contributed by atoms with Crippen LogP contribution in [0.3, 0.4) is 0 Å². The van der Waals surface area contributed by atoms with Crippen molar-refractivity contribution in [2.45, 2.75) is 27.2 Å². The van der Waals surface area contributed by atoms with Crippen LogP contribution in [-0.4, -0.2) is 0 Å². The molecule has 0 spiro atoms. The Labute approximate surface area is 80.0 Å². The highest BCUT2D eigenvalue weighted by molar-refractivity contribution is 5.40. The molecule has 1 aliphatic heterocycles. The van der Waals surface area contributed by atoms with Crippen LogP contribution in [0.4, 0.5) is 0 Å². The van der Waals surface area contributed by atoms with Gasteiger partial charge in [0, 0.05) is 0 Å². The molecule has 1 aliphatic rings. The van der Waals surface area contributed by atoms with E-state index >= 15 is 0 Å². The molecule has 0 N–H and O–H groups in total. The molecule has 0 saturated heterocycles. The van der Waals surface area contributed by atoms with Crippen LogP contribution in [0.2, 0.25) is 0 Å². The first-order valence-corrected chi connectivity index (χ1v) is 4.77. The predicted molar refractivity (Wildman–Crippen MR) is 56.0 cm³/mol. The average molecular weight is 176 g/mol. The van der Waals surface area contributed by atoms with Crippen LogP contribution in [0.15, 0.2) is 30.5 Å². The summed E-state index contributed by atoms with van der Waals surface area (Å²) < 4.78 is 5.32. The first-order valence-electron chi connectivity index (χ1n) is 4.77. The quantitative estimate of drug-likeness (QED) is 0.588. The van der Waals surface area contributed by atoms with Crippen molar-refractivity contribution >= 4 is 0 Å². The fourth-order valence-electron chi connectivity index (χ4n) is 1.24. The summed E-state index contributed by atoms with van der Waals surface area (Å²) in [4.78, 5) is 0. The monoisotopic (exact) mass is 176 g/mol. The Balaban J connectivity index is 0.000000396. The maximum atomic E-state index is 5.32. The van der Waals surface area contributed by atoms with Gasteiger partial charge < -0.3 is 4.74 Å². The number of hydrogen-bond donors (Lipinski definition) is 0. The molecule has 0 aliphatic carbocycles. The van der Waals surface area contributed by atoms with E-state index < -0.39 is 0 Å². The number of ether oxygens (including phenoxy) is 1. The number of benzene rings is 1. The third-order valence-electron chi connectivity index (χ3n) is 1.85. The van der Waals surface area contributed by atoms with E-state index in [-0.39, 0.29) is 0 Å². The van der Waals surface area contributed by atoms with Crippen molar-refractivity contribution in [3.63, 3.8) is 0 Å². The zero-order valence-electron chi connectivity index (χ0n) is 8.50. The van der Waals surface area contributed by atoms with E-state index in [0.717, 1.165) is 12.2 Å². The summed E-state index contributed by atoms with van der Waals surface area (Å²) in [6, 6.07) is 6.30. The second-order valence-electron chi connectivity index (χ2n) is 2.80. The molecule has 0 fully saturated rings. The van der Waals surface area contributed by atoms with E-state index in [4.69, 9.17) is 4.74 Å². The van der Waals surface area contributed by atoms with Crippen molar-refractivity contribution in [2.24, 2.45) is 0 Å². The molecule has 0 atom stereocenters. The number of fused-ring (bicyclic) bond motifs is 1. The molecule has 1 aromatic carbocycles. The average Bonchev–Trinajstić information content (AvgIpc) is 2.21. The number of hydrogen-bond acceptors (Lipinski definition) is 1. The van der Waals surface area contributed by atoms with Gasteiger partial charge in [0.2, 0.25) is 0 Å². The van der Waals surface area contributed by atoms with Crippen molar-refractivity contribution in [3.05, 3.63) is 41.7 Å². The number of allylic oxidation sites excluding steroid dienone is 1. The van der Waals surface area contributed by atoms with Crippen LogP contribution in [0.1, 0.15) is 25.0 Å². The first-order chi connectivity index (χ1) is 6.36. The van der Waals surface area contributed by atoms with E-state index in [1.54, 1.807) is 6.26 Å². The van der Waals surface area contributed by atoms with Gasteiger partial charge in [-0.1, -0.05) is 26.0 Å². The highest BCUT2D eigenvalue weighted by atomic mass is 16.5. The minimum absolute atomic E-state index is 0.996. The lowest BCUT2D eigenvalue weighted by Crippen LogP contribution is -1.95. The Morgan fingerprint density at radius 2 is 2.00 bits per heavy atom. The molecule has 1 heterocycles. The summed E-state index contributed by atoms with van der Waals surface area (Å²) in [5.41, 5.74) is 2.53. The van der Waals surface area contributed by atoms with Crippen LogP contribution in [0.5, 0.6) is 5.75 Å². The van der Waals surface area contributed by atoms with Gasteiger partial charge in [0.25, 0.3) is 0 Å². The SMILES string of the molecule is CC.Cc1ccc2c(c1)OC=CC2. The van der Waals surface area contributed by atoms with Crippen LogP contribution in [0, 0.1) is 6.92 Å². The van der Waals surface area contributed by atoms with Crippen molar-refractivity contribution in [3.8, 4) is 5.75 Å². The molecule has 70 valence electrons. The van der Waals surface area contributed by atoms with Gasteiger partial charge in [0.1, 0.15) is 5.75 Å². The summed E-state index contributed by atoms with van der Waals surface area (Å²) in [7, 11) is 0. The van der Waals surface area contributed by atoms with Gasteiger partial charge in [0.05, 0.1) is 6.26 Å². The van der Waals surface area contributed by atoms with Gasteiger partial charge in [0.15, 0.2) is 0 Å². The maximum Gasteiger partial charge on any atom is 0.130 e. The second-order valence-corrected chi connectivity index (χ2v) is 2.80. The zero-order chi connectivity index (χ0) is 9.68. The summed E-state index contributed by atoms with van der Waals surface area (Å²) in [6.07, 6.45) is 4.77. The molecule has 1 nitrogen and oxygen atoms in total. The lowest BCUT2D eigenvalue weighted by atomic mass is 10.1. The topological polar surface area (TPSA) is 9.23 Å². The van der Waals surface area contributed by atoms with Gasteiger partial charge in [-0.15, -0.1) is 0 Å². The van der Waals surface area contributed by atoms with E-state index in [1.807, 2.05) is 19.9 Å². The minimum atomic E-state index is 0.996.